The maximum absolute atomic E-state index is 7.33. The number of hydrogen-bond acceptors (Lipinski definition) is 2. The van der Waals surface area contributed by atoms with Gasteiger partial charge < -0.3 is 10.3 Å². The zero-order valence-electron chi connectivity index (χ0n) is 5.72. The summed E-state index contributed by atoms with van der Waals surface area (Å²) in [5, 5.41) is 7.33. The van der Waals surface area contributed by atoms with E-state index < -0.39 is 0 Å². The van der Waals surface area contributed by atoms with E-state index in [1.165, 1.54) is 0 Å². The van der Waals surface area contributed by atoms with E-state index in [4.69, 9.17) is 5.41 Å². The fraction of sp³-hybridized carbons (Fsp3) is 0.571. The molecule has 1 N–H and O–H groups in total. The second kappa shape index (κ2) is 2.67. The topological polar surface area (TPSA) is 27.1 Å². The van der Waals surface area contributed by atoms with Crippen LogP contribution >= 0.6 is 0 Å². The van der Waals surface area contributed by atoms with Crippen LogP contribution in [0.15, 0.2) is 12.3 Å². The summed E-state index contributed by atoms with van der Waals surface area (Å²) in [6, 6.07) is 0. The first-order chi connectivity index (χ1) is 4.33. The molecule has 0 aliphatic carbocycles. The van der Waals surface area contributed by atoms with Gasteiger partial charge in [-0.25, -0.2) is 0 Å². The lowest BCUT2D eigenvalue weighted by Gasteiger charge is -2.21. The van der Waals surface area contributed by atoms with Crippen molar-refractivity contribution >= 4 is 5.71 Å². The molecule has 2 heteroatoms. The molecule has 0 saturated carbocycles. The quantitative estimate of drug-likeness (QED) is 0.559. The van der Waals surface area contributed by atoms with Crippen molar-refractivity contribution in [2.24, 2.45) is 0 Å². The van der Waals surface area contributed by atoms with Crippen molar-refractivity contribution in [3.8, 4) is 0 Å². The van der Waals surface area contributed by atoms with Crippen molar-refractivity contribution in [2.75, 3.05) is 13.1 Å². The minimum atomic E-state index is 0.819. The first-order valence-electron chi connectivity index (χ1n) is 3.30. The lowest BCUT2D eigenvalue weighted by molar-refractivity contribution is 0.441. The van der Waals surface area contributed by atoms with E-state index >= 15 is 0 Å². The van der Waals surface area contributed by atoms with E-state index in [-0.39, 0.29) is 0 Å². The minimum Gasteiger partial charge on any atom is -0.372 e. The maximum atomic E-state index is 7.33. The van der Waals surface area contributed by atoms with Gasteiger partial charge >= 0.3 is 0 Å². The molecule has 0 atom stereocenters. The highest BCUT2D eigenvalue weighted by atomic mass is 15.1. The molecule has 0 bridgehead atoms. The molecule has 50 valence electrons. The lowest BCUT2D eigenvalue weighted by Crippen LogP contribution is -2.26. The molecule has 1 rings (SSSR count). The van der Waals surface area contributed by atoms with Crippen molar-refractivity contribution in [2.45, 2.75) is 13.3 Å². The first kappa shape index (κ1) is 6.33. The van der Waals surface area contributed by atoms with Crippen LogP contribution in [0.4, 0.5) is 0 Å². The summed E-state index contributed by atoms with van der Waals surface area (Å²) < 4.78 is 0. The van der Waals surface area contributed by atoms with Crippen LogP contribution in [-0.4, -0.2) is 23.7 Å². The summed E-state index contributed by atoms with van der Waals surface area (Å²) in [4.78, 5) is 2.13. The van der Waals surface area contributed by atoms with E-state index in [9.17, 15) is 0 Å². The average Bonchev–Trinajstić information content (AvgIpc) is 1.88. The number of hydrogen-bond donors (Lipinski definition) is 1. The smallest absolute Gasteiger partial charge is 0.0553 e. The van der Waals surface area contributed by atoms with Crippen molar-refractivity contribution in [1.29, 1.82) is 5.41 Å². The Morgan fingerprint density at radius 2 is 2.56 bits per heavy atom. The summed E-state index contributed by atoms with van der Waals surface area (Å²) in [5.41, 5.74) is 0.819. The van der Waals surface area contributed by atoms with Gasteiger partial charge in [-0.2, -0.15) is 0 Å². The van der Waals surface area contributed by atoms with Crippen molar-refractivity contribution in [1.82, 2.24) is 4.90 Å². The normalized spacial score (nSPS) is 18.8. The Hall–Kier alpha value is -0.790. The van der Waals surface area contributed by atoms with Gasteiger partial charge in [0.15, 0.2) is 0 Å². The molecular weight excluding hydrogens is 112 g/mol. The molecular formula is C7H12N2. The lowest BCUT2D eigenvalue weighted by atomic mass is 10.2. The summed E-state index contributed by atoms with van der Waals surface area (Å²) in [7, 11) is 0. The van der Waals surface area contributed by atoms with Gasteiger partial charge in [-0.3, -0.25) is 0 Å². The minimum absolute atomic E-state index is 0.819. The van der Waals surface area contributed by atoms with Crippen LogP contribution in [-0.2, 0) is 0 Å². The standard InChI is InChI=1S/C7H12N2/c1-2-9-5-3-4-7(8)6-9/h3,5,8H,2,4,6H2,1H3. The van der Waals surface area contributed by atoms with Crippen molar-refractivity contribution in [3.63, 3.8) is 0 Å². The molecule has 0 radical (unpaired) electrons. The predicted octanol–water partition coefficient (Wildman–Crippen LogP) is 1.25. The Morgan fingerprint density at radius 1 is 1.78 bits per heavy atom. The molecule has 0 amide bonds. The van der Waals surface area contributed by atoms with Gasteiger partial charge in [0.1, 0.15) is 0 Å². The van der Waals surface area contributed by atoms with Gasteiger partial charge in [0.25, 0.3) is 0 Å². The summed E-state index contributed by atoms with van der Waals surface area (Å²) in [5.74, 6) is 0. The Bertz CT molecular complexity index is 138. The zero-order chi connectivity index (χ0) is 6.69. The molecule has 0 saturated heterocycles. The van der Waals surface area contributed by atoms with Crippen LogP contribution in [0.3, 0.4) is 0 Å². The number of allylic oxidation sites excluding steroid dienone is 1. The van der Waals surface area contributed by atoms with E-state index in [1.54, 1.807) is 0 Å². The van der Waals surface area contributed by atoms with Gasteiger partial charge in [-0.05, 0) is 13.1 Å². The van der Waals surface area contributed by atoms with Crippen LogP contribution < -0.4 is 0 Å². The highest BCUT2D eigenvalue weighted by Crippen LogP contribution is 2.00. The largest absolute Gasteiger partial charge is 0.372 e. The second-order valence-corrected chi connectivity index (χ2v) is 2.26. The third-order valence-electron chi connectivity index (χ3n) is 1.48. The SMILES string of the molecule is CCN1C=CCC(=N)C1. The van der Waals surface area contributed by atoms with Crippen LogP contribution in [0.2, 0.25) is 0 Å². The third-order valence-corrected chi connectivity index (χ3v) is 1.48. The summed E-state index contributed by atoms with van der Waals surface area (Å²) in [6.07, 6.45) is 4.95. The molecule has 1 aliphatic rings. The number of rotatable bonds is 1. The van der Waals surface area contributed by atoms with Crippen molar-refractivity contribution in [3.05, 3.63) is 12.3 Å². The Labute approximate surface area is 55.7 Å². The molecule has 0 spiro atoms. The van der Waals surface area contributed by atoms with Gasteiger partial charge in [0.05, 0.1) is 6.54 Å². The molecule has 2 nitrogen and oxygen atoms in total. The van der Waals surface area contributed by atoms with Crippen LogP contribution in [0, 0.1) is 5.41 Å². The van der Waals surface area contributed by atoms with E-state index in [2.05, 4.69) is 18.0 Å². The summed E-state index contributed by atoms with van der Waals surface area (Å²) in [6.45, 7) is 3.94. The highest BCUT2D eigenvalue weighted by molar-refractivity contribution is 5.85. The predicted molar refractivity (Wildman–Crippen MR) is 38.7 cm³/mol. The van der Waals surface area contributed by atoms with Gasteiger partial charge in [0.2, 0.25) is 0 Å². The Kier molecular flexibility index (Phi) is 1.88. The molecule has 1 aliphatic heterocycles. The molecule has 0 aromatic carbocycles. The van der Waals surface area contributed by atoms with Crippen LogP contribution in [0.5, 0.6) is 0 Å². The molecule has 0 fully saturated rings. The third kappa shape index (κ3) is 1.56. The molecule has 0 unspecified atom stereocenters. The van der Waals surface area contributed by atoms with E-state index in [0.29, 0.717) is 0 Å². The van der Waals surface area contributed by atoms with Gasteiger partial charge in [-0.1, -0.05) is 6.08 Å². The van der Waals surface area contributed by atoms with Crippen LogP contribution in [0.1, 0.15) is 13.3 Å². The monoisotopic (exact) mass is 124 g/mol. The highest BCUT2D eigenvalue weighted by Gasteiger charge is 2.04. The van der Waals surface area contributed by atoms with Crippen molar-refractivity contribution < 1.29 is 0 Å². The fourth-order valence-corrected chi connectivity index (χ4v) is 0.924. The Balaban J connectivity index is 2.49. The van der Waals surface area contributed by atoms with Gasteiger partial charge in [0, 0.05) is 18.7 Å². The molecule has 9 heavy (non-hydrogen) atoms. The van der Waals surface area contributed by atoms with Gasteiger partial charge in [-0.15, -0.1) is 0 Å². The maximum Gasteiger partial charge on any atom is 0.0553 e. The van der Waals surface area contributed by atoms with E-state index in [1.807, 2.05) is 6.08 Å². The first-order valence-corrected chi connectivity index (χ1v) is 3.30. The number of nitrogens with one attached hydrogen (secondary N) is 1. The fourth-order valence-electron chi connectivity index (χ4n) is 0.924. The number of nitrogens with zero attached hydrogens (tertiary/aromatic N) is 1. The second-order valence-electron chi connectivity index (χ2n) is 2.26. The molecule has 0 aromatic heterocycles. The Morgan fingerprint density at radius 3 is 3.00 bits per heavy atom. The van der Waals surface area contributed by atoms with Crippen LogP contribution in [0.25, 0.3) is 0 Å². The molecule has 0 aromatic rings. The molecule has 1 heterocycles. The zero-order valence-corrected chi connectivity index (χ0v) is 5.72. The van der Waals surface area contributed by atoms with E-state index in [0.717, 1.165) is 25.2 Å². The average molecular weight is 124 g/mol. The summed E-state index contributed by atoms with van der Waals surface area (Å²) >= 11 is 0.